The number of carbonyl (C=O) groups is 1. The summed E-state index contributed by atoms with van der Waals surface area (Å²) >= 11 is 0. The van der Waals surface area contributed by atoms with Crippen LogP contribution in [-0.2, 0) is 4.79 Å². The Morgan fingerprint density at radius 1 is 1.57 bits per heavy atom. The van der Waals surface area contributed by atoms with Crippen LogP contribution in [0, 0.1) is 5.41 Å². The van der Waals surface area contributed by atoms with Gasteiger partial charge in [0.25, 0.3) is 0 Å². The van der Waals surface area contributed by atoms with Crippen LogP contribution in [0.15, 0.2) is 0 Å². The molecule has 1 saturated carbocycles. The zero-order valence-electron chi connectivity index (χ0n) is 8.83. The van der Waals surface area contributed by atoms with Gasteiger partial charge in [0.2, 0.25) is 5.91 Å². The van der Waals surface area contributed by atoms with E-state index in [-0.39, 0.29) is 12.0 Å². The average Bonchev–Trinajstić information content (AvgIpc) is 2.83. The van der Waals surface area contributed by atoms with E-state index in [0.717, 1.165) is 19.4 Å². The molecule has 3 nitrogen and oxygen atoms in total. The van der Waals surface area contributed by atoms with Gasteiger partial charge in [0, 0.05) is 19.5 Å². The highest BCUT2D eigenvalue weighted by Gasteiger charge is 2.40. The predicted octanol–water partition coefficient (Wildman–Crippen LogP) is 1.16. The van der Waals surface area contributed by atoms with E-state index in [2.05, 4.69) is 6.92 Å². The van der Waals surface area contributed by atoms with E-state index in [1.54, 1.807) is 0 Å². The zero-order chi connectivity index (χ0) is 10.2. The van der Waals surface area contributed by atoms with Crippen molar-refractivity contribution in [3.8, 4) is 0 Å². The Labute approximate surface area is 85.1 Å². The smallest absolute Gasteiger partial charge is 0.223 e. The van der Waals surface area contributed by atoms with Crippen LogP contribution >= 0.6 is 0 Å². The first-order chi connectivity index (χ1) is 6.59. The van der Waals surface area contributed by atoms with Gasteiger partial charge in [-0.3, -0.25) is 4.79 Å². The van der Waals surface area contributed by atoms with Gasteiger partial charge in [0.1, 0.15) is 0 Å². The topological polar surface area (TPSA) is 40.5 Å². The van der Waals surface area contributed by atoms with Crippen molar-refractivity contribution in [3.05, 3.63) is 0 Å². The Morgan fingerprint density at radius 2 is 2.29 bits per heavy atom. The molecule has 1 atom stereocenters. The summed E-state index contributed by atoms with van der Waals surface area (Å²) in [6.07, 6.45) is 4.56. The highest BCUT2D eigenvalue weighted by molar-refractivity contribution is 5.77. The minimum Gasteiger partial charge on any atom is -0.391 e. The third-order valence-electron chi connectivity index (χ3n) is 3.43. The Morgan fingerprint density at radius 3 is 2.86 bits per heavy atom. The Balaban J connectivity index is 1.84. The van der Waals surface area contributed by atoms with Crippen LogP contribution in [0.5, 0.6) is 0 Å². The first kappa shape index (κ1) is 9.97. The van der Waals surface area contributed by atoms with E-state index in [9.17, 15) is 9.90 Å². The molecule has 0 aromatic rings. The molecule has 0 radical (unpaired) electrons. The fourth-order valence-corrected chi connectivity index (χ4v) is 2.05. The van der Waals surface area contributed by atoms with E-state index in [1.165, 1.54) is 12.8 Å². The molecule has 2 aliphatic rings. The summed E-state index contributed by atoms with van der Waals surface area (Å²) < 4.78 is 0. The van der Waals surface area contributed by atoms with Crippen LogP contribution in [0.1, 0.15) is 39.0 Å². The van der Waals surface area contributed by atoms with Gasteiger partial charge in [-0.15, -0.1) is 0 Å². The van der Waals surface area contributed by atoms with Gasteiger partial charge in [0.05, 0.1) is 6.10 Å². The van der Waals surface area contributed by atoms with E-state index in [1.807, 2.05) is 4.90 Å². The van der Waals surface area contributed by atoms with Crippen molar-refractivity contribution < 1.29 is 9.90 Å². The number of aliphatic hydroxyl groups is 1. The maximum absolute atomic E-state index is 11.8. The van der Waals surface area contributed by atoms with Gasteiger partial charge < -0.3 is 10.0 Å². The number of aliphatic hydroxyl groups excluding tert-OH is 1. The van der Waals surface area contributed by atoms with Crippen molar-refractivity contribution in [2.24, 2.45) is 5.41 Å². The quantitative estimate of drug-likeness (QED) is 0.721. The van der Waals surface area contributed by atoms with Crippen molar-refractivity contribution in [2.75, 3.05) is 13.1 Å². The number of hydrogen-bond acceptors (Lipinski definition) is 2. The number of carbonyl (C=O) groups excluding carboxylic acids is 1. The Bertz CT molecular complexity index is 235. The van der Waals surface area contributed by atoms with Crippen LogP contribution in [0.4, 0.5) is 0 Å². The molecular formula is C11H19NO2. The molecule has 2 rings (SSSR count). The third-order valence-corrected chi connectivity index (χ3v) is 3.43. The van der Waals surface area contributed by atoms with Crippen molar-refractivity contribution in [3.63, 3.8) is 0 Å². The molecule has 1 heterocycles. The standard InChI is InChI=1S/C11H19NO2/c1-11(4-5-11)7-10(14)12-6-2-3-9(13)8-12/h9,13H,2-8H2,1H3/t9-/m0/s1. The summed E-state index contributed by atoms with van der Waals surface area (Å²) in [5.41, 5.74) is 0.291. The fraction of sp³-hybridized carbons (Fsp3) is 0.909. The molecule has 3 heteroatoms. The summed E-state index contributed by atoms with van der Waals surface area (Å²) in [7, 11) is 0. The molecule has 1 N–H and O–H groups in total. The second kappa shape index (κ2) is 3.54. The summed E-state index contributed by atoms with van der Waals surface area (Å²) in [5, 5.41) is 9.45. The van der Waals surface area contributed by atoms with Crippen molar-refractivity contribution >= 4 is 5.91 Å². The maximum Gasteiger partial charge on any atom is 0.223 e. The van der Waals surface area contributed by atoms with Crippen LogP contribution in [-0.4, -0.2) is 35.1 Å². The summed E-state index contributed by atoms with van der Waals surface area (Å²) in [6.45, 7) is 3.56. The largest absolute Gasteiger partial charge is 0.391 e. The highest BCUT2D eigenvalue weighted by atomic mass is 16.3. The maximum atomic E-state index is 11.8. The minimum atomic E-state index is -0.292. The number of likely N-dealkylation sites (tertiary alicyclic amines) is 1. The Hall–Kier alpha value is -0.570. The average molecular weight is 197 g/mol. The van der Waals surface area contributed by atoms with Gasteiger partial charge in [-0.1, -0.05) is 6.92 Å². The summed E-state index contributed by atoms with van der Waals surface area (Å²) in [4.78, 5) is 13.6. The minimum absolute atomic E-state index is 0.240. The van der Waals surface area contributed by atoms with Crippen LogP contribution < -0.4 is 0 Å². The molecule has 0 unspecified atom stereocenters. The molecule has 0 aromatic heterocycles. The first-order valence-corrected chi connectivity index (χ1v) is 5.55. The number of piperidine rings is 1. The second-order valence-electron chi connectivity index (χ2n) is 5.12. The fourth-order valence-electron chi connectivity index (χ4n) is 2.05. The number of amides is 1. The third kappa shape index (κ3) is 2.27. The lowest BCUT2D eigenvalue weighted by Crippen LogP contribution is -2.42. The lowest BCUT2D eigenvalue weighted by molar-refractivity contribution is -0.135. The molecule has 1 saturated heterocycles. The lowest BCUT2D eigenvalue weighted by Gasteiger charge is -2.31. The normalized spacial score (nSPS) is 30.1. The van der Waals surface area contributed by atoms with E-state index in [4.69, 9.17) is 0 Å². The molecule has 14 heavy (non-hydrogen) atoms. The summed E-state index contributed by atoms with van der Waals surface area (Å²) in [6, 6.07) is 0. The molecule has 2 fully saturated rings. The molecule has 80 valence electrons. The van der Waals surface area contributed by atoms with Gasteiger partial charge in [-0.25, -0.2) is 0 Å². The van der Waals surface area contributed by atoms with Crippen LogP contribution in [0.3, 0.4) is 0 Å². The molecule has 1 amide bonds. The van der Waals surface area contributed by atoms with Gasteiger partial charge in [-0.05, 0) is 31.1 Å². The van der Waals surface area contributed by atoms with Crippen molar-refractivity contribution in [2.45, 2.75) is 45.1 Å². The van der Waals surface area contributed by atoms with Gasteiger partial charge in [0.15, 0.2) is 0 Å². The number of β-amino-alcohol motifs (C(OH)–C–C–N with tert-alkyl or cyclic N) is 1. The predicted molar refractivity (Wildman–Crippen MR) is 53.8 cm³/mol. The molecule has 1 aliphatic carbocycles. The molecule has 0 bridgehead atoms. The monoisotopic (exact) mass is 197 g/mol. The number of nitrogens with zero attached hydrogens (tertiary/aromatic N) is 1. The molecule has 1 aliphatic heterocycles. The first-order valence-electron chi connectivity index (χ1n) is 5.55. The van der Waals surface area contributed by atoms with Crippen molar-refractivity contribution in [1.29, 1.82) is 0 Å². The second-order valence-corrected chi connectivity index (χ2v) is 5.12. The highest BCUT2D eigenvalue weighted by Crippen LogP contribution is 2.48. The van der Waals surface area contributed by atoms with Crippen LogP contribution in [0.25, 0.3) is 0 Å². The van der Waals surface area contributed by atoms with E-state index >= 15 is 0 Å². The SMILES string of the molecule is CC1(CC(=O)N2CCC[C@H](O)C2)CC1. The number of rotatable bonds is 2. The van der Waals surface area contributed by atoms with E-state index in [0.29, 0.717) is 18.4 Å². The van der Waals surface area contributed by atoms with Gasteiger partial charge in [-0.2, -0.15) is 0 Å². The van der Waals surface area contributed by atoms with Gasteiger partial charge >= 0.3 is 0 Å². The molecule has 0 spiro atoms. The lowest BCUT2D eigenvalue weighted by atomic mass is 10.0. The van der Waals surface area contributed by atoms with Crippen molar-refractivity contribution in [1.82, 2.24) is 4.90 Å². The summed E-state index contributed by atoms with van der Waals surface area (Å²) in [5.74, 6) is 0.240. The number of hydrogen-bond donors (Lipinski definition) is 1. The zero-order valence-corrected chi connectivity index (χ0v) is 8.83. The molecular weight excluding hydrogens is 178 g/mol. The van der Waals surface area contributed by atoms with E-state index < -0.39 is 0 Å². The molecule has 0 aromatic carbocycles. The van der Waals surface area contributed by atoms with Crippen LogP contribution in [0.2, 0.25) is 0 Å². The Kier molecular flexibility index (Phi) is 2.52.